The van der Waals surface area contributed by atoms with Gasteiger partial charge in [-0.2, -0.15) is 0 Å². The third-order valence-corrected chi connectivity index (χ3v) is 3.93. The van der Waals surface area contributed by atoms with Gasteiger partial charge in [0.2, 0.25) is 0 Å². The Balaban J connectivity index is 2.72. The van der Waals surface area contributed by atoms with Gasteiger partial charge in [-0.3, -0.25) is 9.59 Å². The van der Waals surface area contributed by atoms with E-state index < -0.39 is 24.1 Å². The van der Waals surface area contributed by atoms with Crippen molar-refractivity contribution in [1.29, 1.82) is 0 Å². The van der Waals surface area contributed by atoms with Crippen LogP contribution in [0.3, 0.4) is 0 Å². The van der Waals surface area contributed by atoms with Crippen molar-refractivity contribution in [3.8, 4) is 11.5 Å². The highest BCUT2D eigenvalue weighted by atomic mass is 16.7. The molecule has 1 heterocycles. The molecule has 0 amide bonds. The minimum atomic E-state index is -1.52. The lowest BCUT2D eigenvalue weighted by atomic mass is 9.85. The van der Waals surface area contributed by atoms with Crippen molar-refractivity contribution in [2.75, 3.05) is 7.11 Å². The molecule has 1 aromatic rings. The van der Waals surface area contributed by atoms with Crippen LogP contribution < -0.4 is 4.74 Å². The fourth-order valence-corrected chi connectivity index (χ4v) is 2.73. The Bertz CT molecular complexity index is 616. The fraction of sp³-hybridized carbons (Fsp3) is 0.529. The second-order valence-electron chi connectivity index (χ2n) is 6.21. The Morgan fingerprint density at radius 2 is 1.70 bits per heavy atom. The van der Waals surface area contributed by atoms with Crippen molar-refractivity contribution in [2.24, 2.45) is 5.92 Å². The van der Waals surface area contributed by atoms with E-state index in [0.717, 1.165) is 5.56 Å². The van der Waals surface area contributed by atoms with Gasteiger partial charge in [-0.15, -0.1) is 0 Å². The van der Waals surface area contributed by atoms with Gasteiger partial charge < -0.3 is 19.3 Å². The smallest absolute Gasteiger partial charge is 0.320 e. The number of methoxy groups -OCH3 is 1. The zero-order valence-corrected chi connectivity index (χ0v) is 14.0. The first-order valence-corrected chi connectivity index (χ1v) is 7.56. The van der Waals surface area contributed by atoms with E-state index in [-0.39, 0.29) is 23.3 Å². The quantitative estimate of drug-likeness (QED) is 0.678. The van der Waals surface area contributed by atoms with Gasteiger partial charge in [0.05, 0.1) is 7.11 Å². The van der Waals surface area contributed by atoms with Gasteiger partial charge in [0.15, 0.2) is 11.5 Å². The number of phenols is 1. The maximum Gasteiger partial charge on any atom is 0.320 e. The number of aromatic hydroxyl groups is 1. The molecule has 1 fully saturated rings. The first-order chi connectivity index (χ1) is 10.7. The summed E-state index contributed by atoms with van der Waals surface area (Å²) in [5, 5.41) is 10.0. The van der Waals surface area contributed by atoms with Gasteiger partial charge in [-0.05, 0) is 23.6 Å². The topological polar surface area (TPSA) is 82.1 Å². The second kappa shape index (κ2) is 6.10. The molecule has 0 aromatic heterocycles. The molecule has 0 spiro atoms. The van der Waals surface area contributed by atoms with Crippen molar-refractivity contribution in [3.05, 3.63) is 23.3 Å². The van der Waals surface area contributed by atoms with E-state index in [0.29, 0.717) is 5.56 Å². The van der Waals surface area contributed by atoms with Crippen molar-refractivity contribution >= 4 is 11.9 Å². The third-order valence-electron chi connectivity index (χ3n) is 3.93. The Labute approximate surface area is 135 Å². The lowest BCUT2D eigenvalue weighted by Gasteiger charge is -2.40. The standard InChI is InChI=1S/C17H22O6/c1-9(2)11-6-13(18)14(21-5)7-12(11)17(10(3)4)22-15(19)8-16(20)23-17/h6-7,9-10,18H,8H2,1-5H3. The number of carbonyl (C=O) groups excluding carboxylic acids is 2. The van der Waals surface area contributed by atoms with E-state index in [9.17, 15) is 14.7 Å². The molecule has 0 atom stereocenters. The monoisotopic (exact) mass is 322 g/mol. The minimum absolute atomic E-state index is 0.0109. The molecule has 6 nitrogen and oxygen atoms in total. The number of cyclic esters (lactones) is 2. The summed E-state index contributed by atoms with van der Waals surface area (Å²) in [6.45, 7) is 7.47. The molecule has 0 bridgehead atoms. The fourth-order valence-electron chi connectivity index (χ4n) is 2.73. The van der Waals surface area contributed by atoms with Crippen LogP contribution in [0.5, 0.6) is 11.5 Å². The van der Waals surface area contributed by atoms with Gasteiger partial charge in [0, 0.05) is 11.5 Å². The molecule has 1 aliphatic heterocycles. The summed E-state index contributed by atoms with van der Waals surface area (Å²) >= 11 is 0. The molecular weight excluding hydrogens is 300 g/mol. The van der Waals surface area contributed by atoms with Gasteiger partial charge in [0.25, 0.3) is 5.79 Å². The highest BCUT2D eigenvalue weighted by Crippen LogP contribution is 2.45. The van der Waals surface area contributed by atoms with Gasteiger partial charge in [-0.1, -0.05) is 27.7 Å². The summed E-state index contributed by atoms with van der Waals surface area (Å²) < 4.78 is 16.2. The molecule has 0 unspecified atom stereocenters. The van der Waals surface area contributed by atoms with Crippen LogP contribution in [-0.2, 0) is 24.8 Å². The van der Waals surface area contributed by atoms with Gasteiger partial charge in [-0.25, -0.2) is 0 Å². The number of hydrogen-bond acceptors (Lipinski definition) is 6. The molecule has 1 saturated heterocycles. The summed E-state index contributed by atoms with van der Waals surface area (Å²) in [6.07, 6.45) is -0.402. The van der Waals surface area contributed by atoms with E-state index in [1.54, 1.807) is 26.0 Å². The van der Waals surface area contributed by atoms with Crippen molar-refractivity contribution in [3.63, 3.8) is 0 Å². The zero-order valence-electron chi connectivity index (χ0n) is 14.0. The lowest BCUT2D eigenvalue weighted by molar-refractivity contribution is -0.266. The highest BCUT2D eigenvalue weighted by molar-refractivity contribution is 5.93. The van der Waals surface area contributed by atoms with Crippen molar-refractivity contribution < 1.29 is 28.9 Å². The Morgan fingerprint density at radius 3 is 2.13 bits per heavy atom. The van der Waals surface area contributed by atoms with E-state index in [1.165, 1.54) is 7.11 Å². The van der Waals surface area contributed by atoms with E-state index in [1.807, 2.05) is 13.8 Å². The van der Waals surface area contributed by atoms with E-state index >= 15 is 0 Å². The van der Waals surface area contributed by atoms with Crippen LogP contribution in [0.15, 0.2) is 12.1 Å². The third kappa shape index (κ3) is 2.98. The largest absolute Gasteiger partial charge is 0.504 e. The number of carbonyl (C=O) groups is 2. The minimum Gasteiger partial charge on any atom is -0.504 e. The molecule has 2 rings (SSSR count). The van der Waals surface area contributed by atoms with Crippen LogP contribution >= 0.6 is 0 Å². The highest BCUT2D eigenvalue weighted by Gasteiger charge is 2.49. The molecule has 126 valence electrons. The number of benzene rings is 1. The number of phenolic OH excluding ortho intramolecular Hbond substituents is 1. The molecule has 0 radical (unpaired) electrons. The van der Waals surface area contributed by atoms with E-state index in [4.69, 9.17) is 14.2 Å². The average Bonchev–Trinajstić information content (AvgIpc) is 2.45. The summed E-state index contributed by atoms with van der Waals surface area (Å²) in [7, 11) is 1.43. The van der Waals surface area contributed by atoms with Crippen LogP contribution in [0.2, 0.25) is 0 Å². The number of hydrogen-bond donors (Lipinski definition) is 1. The molecule has 1 aliphatic rings. The van der Waals surface area contributed by atoms with Crippen LogP contribution in [0.1, 0.15) is 51.2 Å². The number of ether oxygens (including phenoxy) is 3. The molecule has 1 aromatic carbocycles. The Kier molecular flexibility index (Phi) is 4.54. The first kappa shape index (κ1) is 17.1. The second-order valence-corrected chi connectivity index (χ2v) is 6.21. The normalized spacial score (nSPS) is 17.2. The molecule has 6 heteroatoms. The summed E-state index contributed by atoms with van der Waals surface area (Å²) in [5.41, 5.74) is 1.23. The Hall–Kier alpha value is -2.24. The summed E-state index contributed by atoms with van der Waals surface area (Å²) in [6, 6.07) is 3.12. The van der Waals surface area contributed by atoms with Crippen LogP contribution in [-0.4, -0.2) is 24.2 Å². The summed E-state index contributed by atoms with van der Waals surface area (Å²) in [5.74, 6) is -2.88. The van der Waals surface area contributed by atoms with Gasteiger partial charge >= 0.3 is 11.9 Å². The predicted octanol–water partition coefficient (Wildman–Crippen LogP) is 2.82. The van der Waals surface area contributed by atoms with Crippen LogP contribution in [0, 0.1) is 5.92 Å². The van der Waals surface area contributed by atoms with Crippen LogP contribution in [0.25, 0.3) is 0 Å². The lowest BCUT2D eigenvalue weighted by Crippen LogP contribution is -2.47. The van der Waals surface area contributed by atoms with Gasteiger partial charge in [0.1, 0.15) is 6.42 Å². The average molecular weight is 322 g/mol. The predicted molar refractivity (Wildman–Crippen MR) is 82.1 cm³/mol. The molecule has 0 saturated carbocycles. The number of esters is 2. The zero-order chi connectivity index (χ0) is 17.4. The molecular formula is C17H22O6. The van der Waals surface area contributed by atoms with Crippen molar-refractivity contribution in [2.45, 2.75) is 45.8 Å². The molecule has 23 heavy (non-hydrogen) atoms. The summed E-state index contributed by atoms with van der Waals surface area (Å²) in [4.78, 5) is 23.7. The van der Waals surface area contributed by atoms with Crippen molar-refractivity contribution in [1.82, 2.24) is 0 Å². The SMILES string of the molecule is COc1cc(C2(C(C)C)OC(=O)CC(=O)O2)c(C(C)C)cc1O. The Morgan fingerprint density at radius 1 is 1.13 bits per heavy atom. The van der Waals surface area contributed by atoms with Crippen LogP contribution in [0.4, 0.5) is 0 Å². The molecule has 0 aliphatic carbocycles. The molecule has 1 N–H and O–H groups in total. The number of rotatable bonds is 4. The maximum absolute atomic E-state index is 11.9. The maximum atomic E-state index is 11.9. The van der Waals surface area contributed by atoms with E-state index in [2.05, 4.69) is 0 Å². The first-order valence-electron chi connectivity index (χ1n) is 7.56.